The van der Waals surface area contributed by atoms with Gasteiger partial charge in [0.25, 0.3) is 0 Å². The minimum Gasteiger partial charge on any atom is -0.378 e. The van der Waals surface area contributed by atoms with E-state index in [1.807, 2.05) is 20.9 Å². The molecule has 0 aliphatic heterocycles. The maximum Gasteiger partial charge on any atom is 0.246 e. The summed E-state index contributed by atoms with van der Waals surface area (Å²) in [5.41, 5.74) is 0. The van der Waals surface area contributed by atoms with E-state index >= 15 is 0 Å². The second-order valence-corrected chi connectivity index (χ2v) is 5.40. The fraction of sp³-hybridized carbons (Fsp3) is 0.875. The van der Waals surface area contributed by atoms with Gasteiger partial charge in [0, 0.05) is 21.9 Å². The Labute approximate surface area is 147 Å². The maximum atomic E-state index is 11.4. The molecule has 0 spiro atoms. The van der Waals surface area contributed by atoms with E-state index in [0.29, 0.717) is 46.2 Å². The minimum atomic E-state index is -0.187. The molecule has 0 saturated carbocycles. The molecule has 0 aliphatic rings. The molecule has 0 aromatic rings. The Kier molecular flexibility index (Phi) is 16.0. The summed E-state index contributed by atoms with van der Waals surface area (Å²) in [5.74, 6) is -0.120. The highest BCUT2D eigenvalue weighted by atomic mass is 16.5. The Morgan fingerprint density at radius 3 is 1.96 bits per heavy atom. The monoisotopic (exact) mass is 352 g/mol. The Bertz CT molecular complexity index is 336. The molecule has 0 rings (SSSR count). The average molecular weight is 352 g/mol. The number of carbonyl (C=O) groups excluding carboxylic acids is 2. The van der Waals surface area contributed by atoms with Crippen LogP contribution in [0.5, 0.6) is 0 Å². The van der Waals surface area contributed by atoms with Crippen molar-refractivity contribution in [2.24, 2.45) is 5.92 Å². The smallest absolute Gasteiger partial charge is 0.246 e. The van der Waals surface area contributed by atoms with E-state index in [-0.39, 0.29) is 33.7 Å². The summed E-state index contributed by atoms with van der Waals surface area (Å²) in [7, 11) is 1.86. The van der Waals surface area contributed by atoms with E-state index in [4.69, 9.17) is 18.9 Å². The first kappa shape index (κ1) is 22.9. The van der Waals surface area contributed by atoms with Crippen LogP contribution in [0.15, 0.2) is 0 Å². The molecule has 2 N–H and O–H groups in total. The first-order valence-electron chi connectivity index (χ1n) is 8.33. The molecule has 0 aromatic heterocycles. The van der Waals surface area contributed by atoms with Crippen LogP contribution in [0.2, 0.25) is 0 Å². The van der Waals surface area contributed by atoms with Crippen LogP contribution in [0.3, 0.4) is 0 Å². The largest absolute Gasteiger partial charge is 0.378 e. The molecule has 0 fully saturated rings. The van der Waals surface area contributed by atoms with E-state index in [1.54, 1.807) is 0 Å². The van der Waals surface area contributed by atoms with Crippen LogP contribution in [0.25, 0.3) is 0 Å². The summed E-state index contributed by atoms with van der Waals surface area (Å²) >= 11 is 0. The Hall–Kier alpha value is -1.06. The highest BCUT2D eigenvalue weighted by Gasteiger charge is 2.06. The summed E-state index contributed by atoms with van der Waals surface area (Å²) in [5, 5.41) is 5.65. The molecule has 0 aliphatic carbocycles. The normalized spacial score (nSPS) is 11.0. The zero-order valence-corrected chi connectivity index (χ0v) is 15.1. The fourth-order valence-corrected chi connectivity index (χ4v) is 1.43. The van der Waals surface area contributed by atoms with Gasteiger partial charge in [0.15, 0.2) is 5.78 Å². The van der Waals surface area contributed by atoms with E-state index < -0.39 is 0 Å². The number of likely N-dealkylation sites (N-methyl/N-ethyl adjacent to an activating group) is 1. The zero-order valence-electron chi connectivity index (χ0n) is 15.1. The van der Waals surface area contributed by atoms with Crippen LogP contribution < -0.4 is 10.6 Å². The lowest BCUT2D eigenvalue weighted by Crippen LogP contribution is -2.31. The van der Waals surface area contributed by atoms with Crippen molar-refractivity contribution in [1.29, 1.82) is 0 Å². The van der Waals surface area contributed by atoms with Gasteiger partial charge in [0.05, 0.1) is 39.6 Å². The second kappa shape index (κ2) is 16.8. The number of carbonyl (C=O) groups is 2. The molecule has 0 atom stereocenters. The highest BCUT2D eigenvalue weighted by Crippen LogP contribution is 1.94. The van der Waals surface area contributed by atoms with Gasteiger partial charge in [-0.2, -0.15) is 0 Å². The molecule has 0 aromatic carbocycles. The molecule has 1 amide bonds. The summed E-state index contributed by atoms with van der Waals surface area (Å²) in [6.07, 6.45) is 0. The standard InChI is InChI=1S/C16H32N2O6.2H2/c1-14(2)15(19)12-23-10-8-22-7-5-18-16(20)13-24-11-9-21-6-4-17-3;;/h14,17H,4-13H2,1-3H3,(H,18,20);2*1H. The number of rotatable bonds is 17. The molecule has 8 nitrogen and oxygen atoms in total. The average Bonchev–Trinajstić information content (AvgIpc) is 2.56. The van der Waals surface area contributed by atoms with Crippen molar-refractivity contribution >= 4 is 11.7 Å². The van der Waals surface area contributed by atoms with Gasteiger partial charge < -0.3 is 29.6 Å². The van der Waals surface area contributed by atoms with Crippen LogP contribution in [0.1, 0.15) is 16.7 Å². The molecule has 0 heterocycles. The third kappa shape index (κ3) is 15.8. The van der Waals surface area contributed by atoms with E-state index in [0.717, 1.165) is 6.54 Å². The number of ketones is 1. The maximum absolute atomic E-state index is 11.4. The number of amides is 1. The van der Waals surface area contributed by atoms with Crippen LogP contribution in [-0.4, -0.2) is 84.7 Å². The van der Waals surface area contributed by atoms with Crippen molar-refractivity contribution in [2.45, 2.75) is 13.8 Å². The fourth-order valence-electron chi connectivity index (χ4n) is 1.43. The van der Waals surface area contributed by atoms with Crippen LogP contribution in [-0.2, 0) is 28.5 Å². The number of hydrogen-bond acceptors (Lipinski definition) is 7. The first-order chi connectivity index (χ1) is 11.6. The van der Waals surface area contributed by atoms with Gasteiger partial charge in [-0.3, -0.25) is 9.59 Å². The van der Waals surface area contributed by atoms with Crippen LogP contribution in [0, 0.1) is 5.92 Å². The predicted octanol–water partition coefficient (Wildman–Crippen LogP) is 0.106. The van der Waals surface area contributed by atoms with Crippen molar-refractivity contribution in [3.8, 4) is 0 Å². The van der Waals surface area contributed by atoms with Crippen molar-refractivity contribution in [3.05, 3.63) is 0 Å². The second-order valence-electron chi connectivity index (χ2n) is 5.40. The lowest BCUT2D eigenvalue weighted by atomic mass is 10.1. The van der Waals surface area contributed by atoms with Gasteiger partial charge in [-0.1, -0.05) is 13.8 Å². The van der Waals surface area contributed by atoms with E-state index in [1.165, 1.54) is 0 Å². The number of Topliss-reactive ketones (excluding diaryl/α,β-unsaturated/α-hetero) is 1. The van der Waals surface area contributed by atoms with Gasteiger partial charge in [-0.15, -0.1) is 0 Å². The van der Waals surface area contributed by atoms with Gasteiger partial charge in [0.1, 0.15) is 13.2 Å². The van der Waals surface area contributed by atoms with Gasteiger partial charge >= 0.3 is 0 Å². The quantitative estimate of drug-likeness (QED) is 0.359. The Morgan fingerprint density at radius 2 is 1.38 bits per heavy atom. The molecule has 24 heavy (non-hydrogen) atoms. The summed E-state index contributed by atoms with van der Waals surface area (Å²) in [6, 6.07) is 0. The van der Waals surface area contributed by atoms with Crippen molar-refractivity contribution in [3.63, 3.8) is 0 Å². The zero-order chi connectivity index (χ0) is 18.0. The summed E-state index contributed by atoms with van der Waals surface area (Å²) in [4.78, 5) is 22.7. The van der Waals surface area contributed by atoms with Crippen LogP contribution >= 0.6 is 0 Å². The Morgan fingerprint density at radius 1 is 0.833 bits per heavy atom. The van der Waals surface area contributed by atoms with Crippen molar-refractivity contribution in [2.75, 3.05) is 73.0 Å². The number of hydrogen-bond donors (Lipinski definition) is 2. The lowest BCUT2D eigenvalue weighted by molar-refractivity contribution is -0.128. The van der Waals surface area contributed by atoms with Crippen molar-refractivity contribution in [1.82, 2.24) is 10.6 Å². The van der Waals surface area contributed by atoms with Gasteiger partial charge in [-0.25, -0.2) is 0 Å². The molecular formula is C16H36N2O6. The summed E-state index contributed by atoms with van der Waals surface area (Å²) in [6.45, 7) is 7.63. The van der Waals surface area contributed by atoms with E-state index in [9.17, 15) is 9.59 Å². The van der Waals surface area contributed by atoms with Gasteiger partial charge in [-0.05, 0) is 7.05 Å². The van der Waals surface area contributed by atoms with Gasteiger partial charge in [0.2, 0.25) is 5.91 Å². The SMILES string of the molecule is CNCCOCCOCC(=O)NCCOCCOCC(=O)C(C)C.[HH].[HH]. The third-order valence-corrected chi connectivity index (χ3v) is 2.93. The molecule has 0 unspecified atom stereocenters. The van der Waals surface area contributed by atoms with E-state index in [2.05, 4.69) is 10.6 Å². The molecule has 0 bridgehead atoms. The lowest BCUT2D eigenvalue weighted by Gasteiger charge is -2.08. The molecule has 0 saturated heterocycles. The first-order valence-corrected chi connectivity index (χ1v) is 8.33. The highest BCUT2D eigenvalue weighted by molar-refractivity contribution is 5.81. The molecule has 8 heteroatoms. The van der Waals surface area contributed by atoms with Crippen molar-refractivity contribution < 1.29 is 31.4 Å². The topological polar surface area (TPSA) is 95.1 Å². The third-order valence-electron chi connectivity index (χ3n) is 2.93. The summed E-state index contributed by atoms with van der Waals surface area (Å²) < 4.78 is 20.9. The van der Waals surface area contributed by atoms with Crippen LogP contribution in [0.4, 0.5) is 0 Å². The minimum absolute atomic E-state index is 0. The molecule has 0 radical (unpaired) electrons. The molecule has 146 valence electrons. The Balaban J connectivity index is -0.00000264. The molecular weight excluding hydrogens is 316 g/mol. The number of nitrogens with one attached hydrogen (secondary N) is 2. The predicted molar refractivity (Wildman–Crippen MR) is 94.3 cm³/mol. The number of ether oxygens (including phenoxy) is 4.